The summed E-state index contributed by atoms with van der Waals surface area (Å²) in [5, 5.41) is 4.88. The molecular formula is C14H18N2O4S. The van der Waals surface area contributed by atoms with E-state index in [9.17, 15) is 14.4 Å². The number of carbonyl (C=O) groups is 3. The van der Waals surface area contributed by atoms with Gasteiger partial charge in [0.1, 0.15) is 4.88 Å². The topological polar surface area (TPSA) is 84.5 Å². The minimum absolute atomic E-state index is 0.134. The standard InChI is InChI=1S/C14H18N2O4S/c1-9-6-7-11(21-9)13(18)20-8-12(17)16-14(19)15-10-4-2-3-5-10/h6-7,10H,2-5,8H2,1H3,(H2,15,16,17,19). The maximum Gasteiger partial charge on any atom is 0.348 e. The molecule has 2 rings (SSSR count). The van der Waals surface area contributed by atoms with Crippen molar-refractivity contribution in [2.45, 2.75) is 38.6 Å². The van der Waals surface area contributed by atoms with E-state index in [1.54, 1.807) is 12.1 Å². The average Bonchev–Trinajstić information content (AvgIpc) is 3.07. The first-order valence-corrected chi connectivity index (χ1v) is 7.70. The van der Waals surface area contributed by atoms with Gasteiger partial charge in [0.05, 0.1) is 0 Å². The lowest BCUT2D eigenvalue weighted by molar-refractivity contribution is -0.123. The zero-order valence-electron chi connectivity index (χ0n) is 11.8. The van der Waals surface area contributed by atoms with Crippen LogP contribution < -0.4 is 10.6 Å². The molecule has 1 aliphatic carbocycles. The molecule has 0 atom stereocenters. The molecule has 0 unspecified atom stereocenters. The molecule has 3 amide bonds. The Morgan fingerprint density at radius 2 is 2.00 bits per heavy atom. The van der Waals surface area contributed by atoms with E-state index >= 15 is 0 Å². The van der Waals surface area contributed by atoms with E-state index in [0.29, 0.717) is 4.88 Å². The van der Waals surface area contributed by atoms with Crippen LogP contribution >= 0.6 is 11.3 Å². The molecular weight excluding hydrogens is 292 g/mol. The van der Waals surface area contributed by atoms with Gasteiger partial charge in [0, 0.05) is 10.9 Å². The fourth-order valence-electron chi connectivity index (χ4n) is 2.20. The van der Waals surface area contributed by atoms with Gasteiger partial charge in [-0.3, -0.25) is 10.1 Å². The van der Waals surface area contributed by atoms with Crippen molar-refractivity contribution in [3.63, 3.8) is 0 Å². The number of thiophene rings is 1. The van der Waals surface area contributed by atoms with Crippen LogP contribution in [-0.4, -0.2) is 30.6 Å². The van der Waals surface area contributed by atoms with Crippen molar-refractivity contribution in [1.82, 2.24) is 10.6 Å². The highest BCUT2D eigenvalue weighted by Crippen LogP contribution is 2.17. The zero-order valence-corrected chi connectivity index (χ0v) is 12.6. The lowest BCUT2D eigenvalue weighted by atomic mass is 10.2. The first-order valence-electron chi connectivity index (χ1n) is 6.88. The minimum Gasteiger partial charge on any atom is -0.451 e. The largest absolute Gasteiger partial charge is 0.451 e. The number of esters is 1. The van der Waals surface area contributed by atoms with E-state index in [1.165, 1.54) is 11.3 Å². The smallest absolute Gasteiger partial charge is 0.348 e. The SMILES string of the molecule is Cc1ccc(C(=O)OCC(=O)NC(=O)NC2CCCC2)s1. The predicted octanol–water partition coefficient (Wildman–Crippen LogP) is 1.98. The molecule has 2 N–H and O–H groups in total. The summed E-state index contributed by atoms with van der Waals surface area (Å²) in [4.78, 5) is 36.1. The Bertz CT molecular complexity index is 535. The Hall–Kier alpha value is -1.89. The Labute approximate surface area is 126 Å². The van der Waals surface area contributed by atoms with Crippen molar-refractivity contribution in [2.75, 3.05) is 6.61 Å². The van der Waals surface area contributed by atoms with E-state index in [0.717, 1.165) is 30.6 Å². The molecule has 114 valence electrons. The van der Waals surface area contributed by atoms with Crippen LogP contribution in [0.25, 0.3) is 0 Å². The quantitative estimate of drug-likeness (QED) is 0.833. The third-order valence-electron chi connectivity index (χ3n) is 3.22. The number of hydrogen-bond donors (Lipinski definition) is 2. The fraction of sp³-hybridized carbons (Fsp3) is 0.500. The number of nitrogens with one attached hydrogen (secondary N) is 2. The van der Waals surface area contributed by atoms with Crippen molar-refractivity contribution in [3.8, 4) is 0 Å². The first kappa shape index (κ1) is 15.5. The van der Waals surface area contributed by atoms with E-state index in [4.69, 9.17) is 4.74 Å². The van der Waals surface area contributed by atoms with Crippen LogP contribution in [0.3, 0.4) is 0 Å². The number of amides is 3. The summed E-state index contributed by atoms with van der Waals surface area (Å²) in [6.45, 7) is 1.41. The second kappa shape index (κ2) is 7.21. The minimum atomic E-state index is -0.632. The van der Waals surface area contributed by atoms with Crippen molar-refractivity contribution in [3.05, 3.63) is 21.9 Å². The van der Waals surface area contributed by atoms with Crippen molar-refractivity contribution >= 4 is 29.2 Å². The summed E-state index contributed by atoms with van der Waals surface area (Å²) in [7, 11) is 0. The number of carbonyl (C=O) groups excluding carboxylic acids is 3. The number of aryl methyl sites for hydroxylation is 1. The zero-order chi connectivity index (χ0) is 15.2. The summed E-state index contributed by atoms with van der Waals surface area (Å²) in [6, 6.07) is 3.05. The molecule has 0 saturated heterocycles. The van der Waals surface area contributed by atoms with Gasteiger partial charge < -0.3 is 10.1 Å². The molecule has 6 nitrogen and oxygen atoms in total. The molecule has 1 heterocycles. The van der Waals surface area contributed by atoms with E-state index in [-0.39, 0.29) is 6.04 Å². The highest BCUT2D eigenvalue weighted by Gasteiger charge is 2.19. The van der Waals surface area contributed by atoms with E-state index in [1.807, 2.05) is 6.92 Å². The van der Waals surface area contributed by atoms with Crippen molar-refractivity contribution < 1.29 is 19.1 Å². The van der Waals surface area contributed by atoms with Gasteiger partial charge in [-0.05, 0) is 31.9 Å². The summed E-state index contributed by atoms with van der Waals surface area (Å²) in [6.07, 6.45) is 4.07. The van der Waals surface area contributed by atoms with Crippen molar-refractivity contribution in [2.24, 2.45) is 0 Å². The molecule has 0 radical (unpaired) electrons. The van der Waals surface area contributed by atoms with Gasteiger partial charge in [-0.15, -0.1) is 11.3 Å². The van der Waals surface area contributed by atoms with Crippen LogP contribution in [-0.2, 0) is 9.53 Å². The van der Waals surface area contributed by atoms with Crippen LogP contribution in [0.15, 0.2) is 12.1 Å². The number of hydrogen-bond acceptors (Lipinski definition) is 5. The molecule has 1 aromatic rings. The summed E-state index contributed by atoms with van der Waals surface area (Å²) < 4.78 is 4.85. The molecule has 1 saturated carbocycles. The number of urea groups is 1. The number of ether oxygens (including phenoxy) is 1. The second-order valence-corrected chi connectivity index (χ2v) is 6.28. The van der Waals surface area contributed by atoms with Crippen LogP contribution in [0, 0.1) is 6.92 Å². The molecule has 21 heavy (non-hydrogen) atoms. The average molecular weight is 310 g/mol. The molecule has 1 aromatic heterocycles. The number of imide groups is 1. The molecule has 1 fully saturated rings. The van der Waals surface area contributed by atoms with E-state index < -0.39 is 24.5 Å². The summed E-state index contributed by atoms with van der Waals surface area (Å²) in [5.74, 6) is -1.19. The predicted molar refractivity (Wildman–Crippen MR) is 78.3 cm³/mol. The molecule has 0 bridgehead atoms. The van der Waals surface area contributed by atoms with Gasteiger partial charge in [0.15, 0.2) is 6.61 Å². The van der Waals surface area contributed by atoms with E-state index in [2.05, 4.69) is 10.6 Å². The van der Waals surface area contributed by atoms with Gasteiger partial charge in [0.2, 0.25) is 0 Å². The van der Waals surface area contributed by atoms with Gasteiger partial charge >= 0.3 is 12.0 Å². The lowest BCUT2D eigenvalue weighted by Gasteiger charge is -2.12. The molecule has 0 aromatic carbocycles. The Kier molecular flexibility index (Phi) is 5.32. The summed E-state index contributed by atoms with van der Waals surface area (Å²) in [5.41, 5.74) is 0. The molecule has 7 heteroatoms. The normalized spacial score (nSPS) is 14.7. The lowest BCUT2D eigenvalue weighted by Crippen LogP contribution is -2.44. The molecule has 1 aliphatic rings. The number of rotatable bonds is 4. The van der Waals surface area contributed by atoms with Gasteiger partial charge in [-0.1, -0.05) is 12.8 Å². The highest BCUT2D eigenvalue weighted by atomic mass is 32.1. The van der Waals surface area contributed by atoms with Crippen LogP contribution in [0.1, 0.15) is 40.2 Å². The van der Waals surface area contributed by atoms with Crippen LogP contribution in [0.4, 0.5) is 4.79 Å². The highest BCUT2D eigenvalue weighted by molar-refractivity contribution is 7.13. The third-order valence-corrected chi connectivity index (χ3v) is 4.20. The fourth-order valence-corrected chi connectivity index (χ4v) is 2.96. The van der Waals surface area contributed by atoms with Gasteiger partial charge in [-0.25, -0.2) is 9.59 Å². The third kappa shape index (κ3) is 4.86. The van der Waals surface area contributed by atoms with Gasteiger partial charge in [-0.2, -0.15) is 0 Å². The Balaban J connectivity index is 1.69. The summed E-state index contributed by atoms with van der Waals surface area (Å²) >= 11 is 1.30. The Morgan fingerprint density at radius 3 is 2.62 bits per heavy atom. The van der Waals surface area contributed by atoms with Crippen LogP contribution in [0.5, 0.6) is 0 Å². The first-order chi connectivity index (χ1) is 10.0. The monoisotopic (exact) mass is 310 g/mol. The molecule has 0 spiro atoms. The second-order valence-electron chi connectivity index (χ2n) is 4.99. The molecule has 0 aliphatic heterocycles. The van der Waals surface area contributed by atoms with Crippen LogP contribution in [0.2, 0.25) is 0 Å². The maximum atomic E-state index is 11.6. The van der Waals surface area contributed by atoms with Crippen molar-refractivity contribution in [1.29, 1.82) is 0 Å². The maximum absolute atomic E-state index is 11.6. The Morgan fingerprint density at radius 1 is 1.29 bits per heavy atom. The van der Waals surface area contributed by atoms with Gasteiger partial charge in [0.25, 0.3) is 5.91 Å².